The smallest absolute Gasteiger partial charge is 0.416 e. The Hall–Kier alpha value is -2.61. The van der Waals surface area contributed by atoms with E-state index in [1.54, 1.807) is 31.2 Å². The number of benzene rings is 2. The third-order valence-corrected chi connectivity index (χ3v) is 3.33. The molecule has 0 atom stereocenters. The summed E-state index contributed by atoms with van der Waals surface area (Å²) in [5.74, 6) is -0.417. The van der Waals surface area contributed by atoms with Crippen molar-refractivity contribution in [2.75, 3.05) is 17.2 Å². The number of ether oxygens (including phenoxy) is 1. The van der Waals surface area contributed by atoms with Crippen molar-refractivity contribution in [3.05, 3.63) is 59.7 Å². The second kappa shape index (κ2) is 7.98. The number of esters is 1. The van der Waals surface area contributed by atoms with Gasteiger partial charge in [-0.1, -0.05) is 0 Å². The number of alkyl halides is 3. The van der Waals surface area contributed by atoms with E-state index in [9.17, 15) is 18.0 Å². The zero-order valence-electron chi connectivity index (χ0n) is 13.2. The molecule has 0 spiro atoms. The van der Waals surface area contributed by atoms with Crippen molar-refractivity contribution in [2.45, 2.75) is 13.1 Å². The molecule has 0 bridgehead atoms. The van der Waals surface area contributed by atoms with Crippen LogP contribution in [0.4, 0.5) is 24.5 Å². The summed E-state index contributed by atoms with van der Waals surface area (Å²) in [5.41, 5.74) is 0.728. The molecule has 4 nitrogen and oxygen atoms in total. The van der Waals surface area contributed by atoms with Gasteiger partial charge in [0.25, 0.3) is 0 Å². The van der Waals surface area contributed by atoms with Crippen LogP contribution < -0.4 is 10.6 Å². The first-order valence-corrected chi connectivity index (χ1v) is 7.73. The number of rotatable bonds is 4. The largest absolute Gasteiger partial charge is 0.462 e. The highest BCUT2D eigenvalue weighted by Crippen LogP contribution is 2.29. The standard InChI is InChI=1S/C17H15F3N2O2S/c1-2-24-15(23)11-3-7-13(8-4-11)21-16(25)22-14-9-5-12(6-10-14)17(18,19)20/h3-10H,2H2,1H3,(H2,21,22,25). The summed E-state index contributed by atoms with van der Waals surface area (Å²) in [4.78, 5) is 11.6. The fourth-order valence-corrected chi connectivity index (χ4v) is 2.18. The Labute approximate surface area is 148 Å². The predicted octanol–water partition coefficient (Wildman–Crippen LogP) is 4.69. The van der Waals surface area contributed by atoms with E-state index in [4.69, 9.17) is 17.0 Å². The molecule has 0 heterocycles. The quantitative estimate of drug-likeness (QED) is 0.606. The van der Waals surface area contributed by atoms with Gasteiger partial charge in [0.15, 0.2) is 5.11 Å². The molecule has 2 aromatic rings. The monoisotopic (exact) mass is 368 g/mol. The first-order chi connectivity index (χ1) is 11.8. The maximum absolute atomic E-state index is 12.5. The maximum atomic E-state index is 12.5. The van der Waals surface area contributed by atoms with Crippen molar-refractivity contribution in [3.8, 4) is 0 Å². The molecule has 2 rings (SSSR count). The minimum absolute atomic E-state index is 0.212. The van der Waals surface area contributed by atoms with Gasteiger partial charge >= 0.3 is 12.1 Å². The average molecular weight is 368 g/mol. The Morgan fingerprint density at radius 3 is 1.92 bits per heavy atom. The van der Waals surface area contributed by atoms with E-state index in [1.165, 1.54) is 12.1 Å². The molecule has 2 N–H and O–H groups in total. The molecule has 8 heteroatoms. The van der Waals surface area contributed by atoms with E-state index in [0.29, 0.717) is 23.5 Å². The predicted molar refractivity (Wildman–Crippen MR) is 93.7 cm³/mol. The van der Waals surface area contributed by atoms with E-state index < -0.39 is 17.7 Å². The summed E-state index contributed by atoms with van der Waals surface area (Å²) >= 11 is 5.11. The van der Waals surface area contributed by atoms with Gasteiger partial charge in [-0.2, -0.15) is 13.2 Å². The van der Waals surface area contributed by atoms with E-state index in [1.807, 2.05) is 0 Å². The van der Waals surface area contributed by atoms with Crippen molar-refractivity contribution in [2.24, 2.45) is 0 Å². The Morgan fingerprint density at radius 2 is 1.48 bits per heavy atom. The van der Waals surface area contributed by atoms with Crippen LogP contribution in [0.1, 0.15) is 22.8 Å². The number of hydrogen-bond donors (Lipinski definition) is 2. The molecular weight excluding hydrogens is 353 g/mol. The van der Waals surface area contributed by atoms with Gasteiger partial charge in [-0.3, -0.25) is 0 Å². The molecule has 0 aromatic heterocycles. The zero-order valence-corrected chi connectivity index (χ0v) is 14.0. The Balaban J connectivity index is 1.95. The number of anilines is 2. The number of halogens is 3. The molecule has 0 saturated heterocycles. The van der Waals surface area contributed by atoms with Crippen LogP contribution in [0.25, 0.3) is 0 Å². The molecule has 25 heavy (non-hydrogen) atoms. The highest BCUT2D eigenvalue weighted by molar-refractivity contribution is 7.80. The van der Waals surface area contributed by atoms with Gasteiger partial charge < -0.3 is 15.4 Å². The lowest BCUT2D eigenvalue weighted by molar-refractivity contribution is -0.137. The minimum atomic E-state index is -4.38. The number of carbonyl (C=O) groups excluding carboxylic acids is 1. The molecule has 0 radical (unpaired) electrons. The van der Waals surface area contributed by atoms with Crippen molar-refractivity contribution in [1.29, 1.82) is 0 Å². The second-order valence-corrected chi connectivity index (χ2v) is 5.36. The molecule has 0 saturated carbocycles. The van der Waals surface area contributed by atoms with Crippen molar-refractivity contribution in [3.63, 3.8) is 0 Å². The highest BCUT2D eigenvalue weighted by atomic mass is 32.1. The van der Waals surface area contributed by atoms with Crippen molar-refractivity contribution < 1.29 is 22.7 Å². The van der Waals surface area contributed by atoms with Crippen LogP contribution in [0.15, 0.2) is 48.5 Å². The Morgan fingerprint density at radius 1 is 1.00 bits per heavy atom. The lowest BCUT2D eigenvalue weighted by Crippen LogP contribution is -2.19. The van der Waals surface area contributed by atoms with Crippen LogP contribution in [0.3, 0.4) is 0 Å². The molecule has 0 aliphatic rings. The van der Waals surface area contributed by atoms with Crippen LogP contribution in [0.2, 0.25) is 0 Å². The van der Waals surface area contributed by atoms with Crippen LogP contribution in [0.5, 0.6) is 0 Å². The van der Waals surface area contributed by atoms with E-state index in [2.05, 4.69) is 10.6 Å². The highest BCUT2D eigenvalue weighted by Gasteiger charge is 2.29. The maximum Gasteiger partial charge on any atom is 0.416 e. The van der Waals surface area contributed by atoms with Gasteiger partial charge in [0.05, 0.1) is 17.7 Å². The first-order valence-electron chi connectivity index (χ1n) is 7.32. The van der Waals surface area contributed by atoms with Crippen LogP contribution in [-0.2, 0) is 10.9 Å². The molecule has 0 aliphatic carbocycles. The second-order valence-electron chi connectivity index (χ2n) is 4.95. The molecule has 0 amide bonds. The summed E-state index contributed by atoms with van der Waals surface area (Å²) in [6, 6.07) is 11.0. The summed E-state index contributed by atoms with van der Waals surface area (Å²) in [6.45, 7) is 2.01. The number of thiocarbonyl (C=S) groups is 1. The van der Waals surface area contributed by atoms with Gasteiger partial charge in [-0.15, -0.1) is 0 Å². The van der Waals surface area contributed by atoms with Gasteiger partial charge in [0.1, 0.15) is 0 Å². The summed E-state index contributed by atoms with van der Waals surface area (Å²) in [7, 11) is 0. The van der Waals surface area contributed by atoms with Crippen molar-refractivity contribution in [1.82, 2.24) is 0 Å². The van der Waals surface area contributed by atoms with Gasteiger partial charge in [-0.05, 0) is 67.7 Å². The fraction of sp³-hybridized carbons (Fsp3) is 0.176. The summed E-state index contributed by atoms with van der Waals surface area (Å²) in [5, 5.41) is 5.88. The minimum Gasteiger partial charge on any atom is -0.462 e. The number of carbonyl (C=O) groups is 1. The number of hydrogen-bond acceptors (Lipinski definition) is 3. The van der Waals surface area contributed by atoms with Crippen LogP contribution in [0, 0.1) is 0 Å². The molecule has 2 aromatic carbocycles. The molecule has 0 aliphatic heterocycles. The molecule has 0 unspecified atom stereocenters. The van der Waals surface area contributed by atoms with E-state index >= 15 is 0 Å². The van der Waals surface area contributed by atoms with Gasteiger partial charge in [0.2, 0.25) is 0 Å². The zero-order chi connectivity index (χ0) is 18.4. The molecular formula is C17H15F3N2O2S. The lowest BCUT2D eigenvalue weighted by atomic mass is 10.2. The fourth-order valence-electron chi connectivity index (χ4n) is 1.94. The Kier molecular flexibility index (Phi) is 5.97. The van der Waals surface area contributed by atoms with Gasteiger partial charge in [0, 0.05) is 11.4 Å². The Bertz CT molecular complexity index is 744. The normalized spacial score (nSPS) is 10.9. The molecule has 0 fully saturated rings. The molecule has 132 valence electrons. The van der Waals surface area contributed by atoms with Crippen LogP contribution >= 0.6 is 12.2 Å². The number of nitrogens with one attached hydrogen (secondary N) is 2. The average Bonchev–Trinajstić information content (AvgIpc) is 2.55. The third kappa shape index (κ3) is 5.46. The topological polar surface area (TPSA) is 50.4 Å². The van der Waals surface area contributed by atoms with E-state index in [-0.39, 0.29) is 5.11 Å². The SMILES string of the molecule is CCOC(=O)c1ccc(NC(=S)Nc2ccc(C(F)(F)F)cc2)cc1. The van der Waals surface area contributed by atoms with Crippen LogP contribution in [-0.4, -0.2) is 17.7 Å². The van der Waals surface area contributed by atoms with Crippen molar-refractivity contribution >= 4 is 34.7 Å². The summed E-state index contributed by atoms with van der Waals surface area (Å²) < 4.78 is 42.4. The van der Waals surface area contributed by atoms with Gasteiger partial charge in [-0.25, -0.2) is 4.79 Å². The lowest BCUT2D eigenvalue weighted by Gasteiger charge is -2.12. The van der Waals surface area contributed by atoms with E-state index in [0.717, 1.165) is 12.1 Å². The first kappa shape index (κ1) is 18.7. The summed E-state index contributed by atoms with van der Waals surface area (Å²) in [6.07, 6.45) is -4.38. The third-order valence-electron chi connectivity index (χ3n) is 3.12.